The number of nitrogens with zero attached hydrogens (tertiary/aromatic N) is 3. The fourth-order valence-corrected chi connectivity index (χ4v) is 0.786. The standard InChI is InChI=1S/C5H7N3O/c1-2-3-8-5-4(9-5)6-7-8/h2-3H2,1H3. The highest BCUT2D eigenvalue weighted by Gasteiger charge is 2.29. The molecule has 0 aromatic carbocycles. The molecule has 0 saturated heterocycles. The molecule has 0 spiro atoms. The molecule has 0 aliphatic carbocycles. The molecular formula is C5H7N3O. The quantitative estimate of drug-likeness (QED) is 0.557. The van der Waals surface area contributed by atoms with Gasteiger partial charge in [-0.1, -0.05) is 17.2 Å². The van der Waals surface area contributed by atoms with Gasteiger partial charge in [0.2, 0.25) is 0 Å². The van der Waals surface area contributed by atoms with E-state index in [1.807, 2.05) is 0 Å². The Morgan fingerprint density at radius 3 is 3.00 bits per heavy atom. The minimum Gasteiger partial charge on any atom is -0.409 e. The highest BCUT2D eigenvalue weighted by Crippen LogP contribution is 2.41. The van der Waals surface area contributed by atoms with Gasteiger partial charge in [-0.05, 0) is 6.42 Å². The van der Waals surface area contributed by atoms with Gasteiger partial charge in [0.25, 0.3) is 5.88 Å². The molecule has 0 unspecified atom stereocenters. The molecule has 1 aromatic heterocycles. The van der Waals surface area contributed by atoms with Crippen molar-refractivity contribution < 1.29 is 4.74 Å². The summed E-state index contributed by atoms with van der Waals surface area (Å²) in [5, 5.41) is 7.53. The summed E-state index contributed by atoms with van der Waals surface area (Å²) < 4.78 is 6.69. The van der Waals surface area contributed by atoms with Crippen LogP contribution in [0.1, 0.15) is 13.3 Å². The van der Waals surface area contributed by atoms with Crippen LogP contribution in [0.4, 0.5) is 0 Å². The molecule has 1 aromatic rings. The van der Waals surface area contributed by atoms with Crippen molar-refractivity contribution >= 4 is 0 Å². The summed E-state index contributed by atoms with van der Waals surface area (Å²) in [6.07, 6.45) is 1.07. The third-order valence-corrected chi connectivity index (χ3v) is 1.25. The SMILES string of the molecule is CCCn1nnc2c1O2. The molecule has 9 heavy (non-hydrogen) atoms. The van der Waals surface area contributed by atoms with Crippen LogP contribution in [0.3, 0.4) is 0 Å². The first-order valence-corrected chi connectivity index (χ1v) is 3.03. The molecule has 0 radical (unpaired) electrons. The molecular weight excluding hydrogens is 118 g/mol. The van der Waals surface area contributed by atoms with Crippen LogP contribution in [0.15, 0.2) is 0 Å². The molecule has 4 nitrogen and oxygen atoms in total. The summed E-state index contributed by atoms with van der Waals surface area (Å²) in [6, 6.07) is 0. The zero-order valence-corrected chi connectivity index (χ0v) is 5.16. The molecule has 0 N–H and O–H groups in total. The van der Waals surface area contributed by atoms with Crippen LogP contribution >= 0.6 is 0 Å². The smallest absolute Gasteiger partial charge is 0.305 e. The Kier molecular flexibility index (Phi) is 0.777. The second-order valence-corrected chi connectivity index (χ2v) is 2.02. The molecule has 1 aliphatic heterocycles. The van der Waals surface area contributed by atoms with Gasteiger partial charge in [-0.15, -0.1) is 0 Å². The van der Waals surface area contributed by atoms with Gasteiger partial charge in [-0.2, -0.15) is 0 Å². The first-order valence-electron chi connectivity index (χ1n) is 3.03. The van der Waals surface area contributed by atoms with Gasteiger partial charge < -0.3 is 4.74 Å². The number of hydrogen-bond acceptors (Lipinski definition) is 3. The lowest BCUT2D eigenvalue weighted by atomic mass is 10.5. The lowest BCUT2D eigenvalue weighted by Crippen LogP contribution is -1.98. The monoisotopic (exact) mass is 125 g/mol. The van der Waals surface area contributed by atoms with Gasteiger partial charge in [0, 0.05) is 6.54 Å². The summed E-state index contributed by atoms with van der Waals surface area (Å²) in [4.78, 5) is 0. The molecule has 0 fully saturated rings. The molecule has 4 heteroatoms. The Morgan fingerprint density at radius 2 is 2.56 bits per heavy atom. The lowest BCUT2D eigenvalue weighted by Gasteiger charge is -1.92. The van der Waals surface area contributed by atoms with Gasteiger partial charge in [0.05, 0.1) is 0 Å². The molecule has 0 atom stereocenters. The maximum Gasteiger partial charge on any atom is 0.305 e. The van der Waals surface area contributed by atoms with Crippen LogP contribution < -0.4 is 4.74 Å². The van der Waals surface area contributed by atoms with Crippen molar-refractivity contribution in [1.29, 1.82) is 0 Å². The predicted octanol–water partition coefficient (Wildman–Crippen LogP) is 0.794. The fourth-order valence-electron chi connectivity index (χ4n) is 0.786. The largest absolute Gasteiger partial charge is 0.409 e. The third kappa shape index (κ3) is 0.590. The van der Waals surface area contributed by atoms with E-state index >= 15 is 0 Å². The van der Waals surface area contributed by atoms with Crippen molar-refractivity contribution in [2.45, 2.75) is 19.9 Å². The summed E-state index contributed by atoms with van der Waals surface area (Å²) in [5.41, 5.74) is 0. The van der Waals surface area contributed by atoms with E-state index in [1.54, 1.807) is 4.68 Å². The highest BCUT2D eigenvalue weighted by molar-refractivity contribution is 5.40. The molecule has 2 heterocycles. The van der Waals surface area contributed by atoms with E-state index in [-0.39, 0.29) is 0 Å². The minimum absolute atomic E-state index is 0.698. The Balaban J connectivity index is 2.22. The Hall–Kier alpha value is -1.06. The normalized spacial score (nSPS) is 12.6. The van der Waals surface area contributed by atoms with Crippen LogP contribution in [-0.2, 0) is 6.54 Å². The zero-order valence-electron chi connectivity index (χ0n) is 5.16. The van der Waals surface area contributed by atoms with E-state index < -0.39 is 0 Å². The van der Waals surface area contributed by atoms with Crippen LogP contribution in [0, 0.1) is 0 Å². The maximum absolute atomic E-state index is 4.92. The van der Waals surface area contributed by atoms with E-state index in [0.29, 0.717) is 5.88 Å². The maximum atomic E-state index is 4.92. The summed E-state index contributed by atoms with van der Waals surface area (Å²) in [7, 11) is 0. The molecule has 2 rings (SSSR count). The van der Waals surface area contributed by atoms with Crippen molar-refractivity contribution in [3.8, 4) is 11.8 Å². The third-order valence-electron chi connectivity index (χ3n) is 1.25. The van der Waals surface area contributed by atoms with E-state index in [2.05, 4.69) is 17.2 Å². The summed E-state index contributed by atoms with van der Waals surface area (Å²) in [5.74, 6) is 1.54. The number of fused-ring (bicyclic) bond motifs is 1. The van der Waals surface area contributed by atoms with Gasteiger partial charge in [0.15, 0.2) is 0 Å². The number of aryl methyl sites for hydroxylation is 1. The van der Waals surface area contributed by atoms with Crippen LogP contribution in [-0.4, -0.2) is 15.0 Å². The predicted molar refractivity (Wildman–Crippen MR) is 30.4 cm³/mol. The van der Waals surface area contributed by atoms with E-state index in [0.717, 1.165) is 18.8 Å². The molecule has 0 amide bonds. The Morgan fingerprint density at radius 1 is 1.67 bits per heavy atom. The average Bonchev–Trinajstić information content (AvgIpc) is 2.54. The molecule has 0 bridgehead atoms. The van der Waals surface area contributed by atoms with Gasteiger partial charge in [0.1, 0.15) is 0 Å². The van der Waals surface area contributed by atoms with Crippen LogP contribution in [0.2, 0.25) is 0 Å². The topological polar surface area (TPSA) is 43.2 Å². The van der Waals surface area contributed by atoms with Crippen molar-refractivity contribution in [3.05, 3.63) is 0 Å². The summed E-state index contributed by atoms with van der Waals surface area (Å²) in [6.45, 7) is 3.00. The average molecular weight is 125 g/mol. The Labute approximate surface area is 52.4 Å². The minimum atomic E-state index is 0.698. The second-order valence-electron chi connectivity index (χ2n) is 2.02. The number of ether oxygens (including phenoxy) is 1. The second kappa shape index (κ2) is 1.46. The Bertz CT molecular complexity index is 230. The lowest BCUT2D eigenvalue weighted by molar-refractivity contribution is 0.470. The van der Waals surface area contributed by atoms with Gasteiger partial charge in [-0.3, -0.25) is 0 Å². The van der Waals surface area contributed by atoms with Gasteiger partial charge >= 0.3 is 5.88 Å². The van der Waals surface area contributed by atoms with E-state index in [1.165, 1.54) is 0 Å². The van der Waals surface area contributed by atoms with Crippen molar-refractivity contribution in [2.75, 3.05) is 0 Å². The zero-order chi connectivity index (χ0) is 6.27. The van der Waals surface area contributed by atoms with Crippen molar-refractivity contribution in [3.63, 3.8) is 0 Å². The molecule has 48 valence electrons. The number of rotatable bonds is 2. The summed E-state index contributed by atoms with van der Waals surface area (Å²) >= 11 is 0. The highest BCUT2D eigenvalue weighted by atomic mass is 16.6. The molecule has 0 saturated carbocycles. The number of hydrogen-bond donors (Lipinski definition) is 0. The number of aromatic nitrogens is 3. The van der Waals surface area contributed by atoms with Crippen molar-refractivity contribution in [2.24, 2.45) is 0 Å². The van der Waals surface area contributed by atoms with Crippen LogP contribution in [0.5, 0.6) is 11.8 Å². The van der Waals surface area contributed by atoms with Crippen molar-refractivity contribution in [1.82, 2.24) is 15.0 Å². The van der Waals surface area contributed by atoms with Crippen LogP contribution in [0.25, 0.3) is 0 Å². The van der Waals surface area contributed by atoms with E-state index in [9.17, 15) is 0 Å². The molecule has 1 aliphatic rings. The van der Waals surface area contributed by atoms with Gasteiger partial charge in [-0.25, -0.2) is 4.68 Å². The first-order chi connectivity index (χ1) is 4.42. The first kappa shape index (κ1) is 4.78. The fraction of sp³-hybridized carbons (Fsp3) is 0.600. The van der Waals surface area contributed by atoms with E-state index in [4.69, 9.17) is 4.74 Å².